The van der Waals surface area contributed by atoms with Gasteiger partial charge < -0.3 is 10.1 Å². The molecule has 0 saturated carbocycles. The van der Waals surface area contributed by atoms with Crippen LogP contribution in [0.15, 0.2) is 24.3 Å². The first-order chi connectivity index (χ1) is 12.3. The second-order valence-corrected chi connectivity index (χ2v) is 7.17. The van der Waals surface area contributed by atoms with E-state index in [2.05, 4.69) is 34.1 Å². The van der Waals surface area contributed by atoms with Gasteiger partial charge in [-0.25, -0.2) is 4.68 Å². The number of aromatic nitrogens is 2. The van der Waals surface area contributed by atoms with Crippen molar-refractivity contribution in [3.8, 4) is 11.4 Å². The van der Waals surface area contributed by atoms with E-state index in [0.717, 1.165) is 36.8 Å². The van der Waals surface area contributed by atoms with Crippen molar-refractivity contribution >= 4 is 5.82 Å². The van der Waals surface area contributed by atoms with E-state index in [1.54, 1.807) is 7.11 Å². The molecular weight excluding hydrogens is 312 g/mol. The molecule has 2 aliphatic rings. The largest absolute Gasteiger partial charge is 0.494 e. The van der Waals surface area contributed by atoms with Gasteiger partial charge in [-0.05, 0) is 57.8 Å². The Bertz CT molecular complexity index is 739. The van der Waals surface area contributed by atoms with Gasteiger partial charge in [0.2, 0.25) is 0 Å². The molecule has 0 bridgehead atoms. The fourth-order valence-corrected chi connectivity index (χ4v) is 4.20. The maximum atomic E-state index is 5.60. The van der Waals surface area contributed by atoms with E-state index in [-0.39, 0.29) is 0 Å². The first kappa shape index (κ1) is 16.5. The normalized spacial score (nSPS) is 21.3. The lowest BCUT2D eigenvalue weighted by atomic mass is 9.96. The Morgan fingerprint density at radius 2 is 2.04 bits per heavy atom. The minimum atomic E-state index is 0.429. The third-order valence-electron chi connectivity index (χ3n) is 5.56. The monoisotopic (exact) mass is 340 g/mol. The van der Waals surface area contributed by atoms with E-state index >= 15 is 0 Å². The number of piperidine rings is 1. The number of ether oxygens (including phenoxy) is 1. The second kappa shape index (κ2) is 7.08. The fraction of sp³-hybridized carbons (Fsp3) is 0.550. The summed E-state index contributed by atoms with van der Waals surface area (Å²) in [6, 6.07) is 8.58. The van der Waals surface area contributed by atoms with Crippen LogP contribution in [0.5, 0.6) is 5.75 Å². The van der Waals surface area contributed by atoms with Gasteiger partial charge in [0.1, 0.15) is 17.3 Å². The Morgan fingerprint density at radius 1 is 1.16 bits per heavy atom. The van der Waals surface area contributed by atoms with Crippen molar-refractivity contribution in [3.05, 3.63) is 35.5 Å². The van der Waals surface area contributed by atoms with E-state index in [1.807, 2.05) is 12.1 Å². The average Bonchev–Trinajstić information content (AvgIpc) is 2.83. The van der Waals surface area contributed by atoms with Crippen LogP contribution in [-0.4, -0.2) is 41.9 Å². The van der Waals surface area contributed by atoms with E-state index in [0.29, 0.717) is 6.04 Å². The highest BCUT2D eigenvalue weighted by atomic mass is 16.5. The molecule has 4 rings (SSSR count). The van der Waals surface area contributed by atoms with Gasteiger partial charge >= 0.3 is 0 Å². The van der Waals surface area contributed by atoms with Crippen molar-refractivity contribution in [1.29, 1.82) is 0 Å². The molecule has 134 valence electrons. The Hall–Kier alpha value is -2.01. The Morgan fingerprint density at radius 3 is 2.88 bits per heavy atom. The third-order valence-corrected chi connectivity index (χ3v) is 5.56. The molecule has 3 heterocycles. The van der Waals surface area contributed by atoms with E-state index < -0.39 is 0 Å². The van der Waals surface area contributed by atoms with Crippen molar-refractivity contribution in [3.63, 3.8) is 0 Å². The van der Waals surface area contributed by atoms with Gasteiger partial charge in [0.15, 0.2) is 0 Å². The molecule has 1 aromatic heterocycles. The van der Waals surface area contributed by atoms with Crippen LogP contribution in [0.3, 0.4) is 0 Å². The molecule has 2 aliphatic heterocycles. The van der Waals surface area contributed by atoms with Crippen LogP contribution in [0.2, 0.25) is 0 Å². The average molecular weight is 340 g/mol. The molecule has 0 radical (unpaired) electrons. The summed E-state index contributed by atoms with van der Waals surface area (Å²) in [6.45, 7) is 2.17. The van der Waals surface area contributed by atoms with E-state index in [9.17, 15) is 0 Å². The van der Waals surface area contributed by atoms with Gasteiger partial charge in [0.25, 0.3) is 0 Å². The van der Waals surface area contributed by atoms with Crippen molar-refractivity contribution in [2.75, 3.05) is 32.6 Å². The van der Waals surface area contributed by atoms with Crippen LogP contribution in [-0.2, 0) is 6.42 Å². The molecule has 2 aromatic rings. The van der Waals surface area contributed by atoms with Gasteiger partial charge in [-0.1, -0.05) is 18.6 Å². The predicted molar refractivity (Wildman–Crippen MR) is 101 cm³/mol. The van der Waals surface area contributed by atoms with Crippen LogP contribution >= 0.6 is 0 Å². The van der Waals surface area contributed by atoms with Crippen LogP contribution in [0.1, 0.15) is 49.4 Å². The molecule has 1 fully saturated rings. The number of benzene rings is 1. The Labute approximate surface area is 150 Å². The van der Waals surface area contributed by atoms with Gasteiger partial charge in [0.05, 0.1) is 18.8 Å². The lowest BCUT2D eigenvalue weighted by Crippen LogP contribution is -2.30. The highest BCUT2D eigenvalue weighted by Crippen LogP contribution is 2.38. The fourth-order valence-electron chi connectivity index (χ4n) is 4.20. The van der Waals surface area contributed by atoms with Crippen LogP contribution < -0.4 is 10.1 Å². The number of nitrogens with one attached hydrogen (secondary N) is 1. The van der Waals surface area contributed by atoms with Crippen LogP contribution in [0.25, 0.3) is 5.69 Å². The summed E-state index contributed by atoms with van der Waals surface area (Å²) in [5, 5.41) is 8.76. The van der Waals surface area contributed by atoms with Crippen LogP contribution in [0, 0.1) is 0 Å². The number of likely N-dealkylation sites (tertiary alicyclic amines) is 1. The molecule has 5 heteroatoms. The minimum absolute atomic E-state index is 0.429. The molecule has 1 saturated heterocycles. The zero-order valence-electron chi connectivity index (χ0n) is 15.3. The van der Waals surface area contributed by atoms with Gasteiger partial charge in [-0.3, -0.25) is 4.90 Å². The van der Waals surface area contributed by atoms with Crippen LogP contribution in [0.4, 0.5) is 5.82 Å². The number of rotatable bonds is 3. The lowest BCUT2D eigenvalue weighted by molar-refractivity contribution is 0.182. The number of methoxy groups -OCH3 is 1. The van der Waals surface area contributed by atoms with Gasteiger partial charge in [-0.15, -0.1) is 0 Å². The number of hydrogen-bond acceptors (Lipinski definition) is 4. The summed E-state index contributed by atoms with van der Waals surface area (Å²) in [5.74, 6) is 2.03. The third kappa shape index (κ3) is 3.01. The molecule has 25 heavy (non-hydrogen) atoms. The topological polar surface area (TPSA) is 42.3 Å². The van der Waals surface area contributed by atoms with Gasteiger partial charge in [-0.2, -0.15) is 5.10 Å². The molecule has 0 aliphatic carbocycles. The summed E-state index contributed by atoms with van der Waals surface area (Å²) in [4.78, 5) is 2.48. The second-order valence-electron chi connectivity index (χ2n) is 7.17. The Balaban J connectivity index is 1.84. The zero-order chi connectivity index (χ0) is 17.2. The molecule has 1 N–H and O–H groups in total. The number of para-hydroxylation sites is 2. The number of anilines is 1. The van der Waals surface area contributed by atoms with Crippen molar-refractivity contribution in [1.82, 2.24) is 14.7 Å². The van der Waals surface area contributed by atoms with E-state index in [1.165, 1.54) is 43.4 Å². The molecule has 1 aromatic carbocycles. The molecule has 0 amide bonds. The molecule has 1 atom stereocenters. The number of fused-ring (bicyclic) bond motifs is 1. The van der Waals surface area contributed by atoms with Crippen molar-refractivity contribution < 1.29 is 4.74 Å². The van der Waals surface area contributed by atoms with E-state index in [4.69, 9.17) is 9.84 Å². The standard InChI is InChI=1S/C20H28N4O/c1-23-14-8-6-11-17(23)19-15-9-5-7-13-21-20(15)24(22-19)16-10-3-4-12-18(16)25-2/h3-4,10,12,17,21H,5-9,11,13-14H2,1-2H3. The summed E-state index contributed by atoms with van der Waals surface area (Å²) >= 11 is 0. The summed E-state index contributed by atoms with van der Waals surface area (Å²) in [7, 11) is 3.97. The minimum Gasteiger partial charge on any atom is -0.494 e. The van der Waals surface area contributed by atoms with Crippen molar-refractivity contribution in [2.24, 2.45) is 0 Å². The van der Waals surface area contributed by atoms with Gasteiger partial charge in [0, 0.05) is 12.1 Å². The summed E-state index contributed by atoms with van der Waals surface area (Å²) in [5.41, 5.74) is 3.68. The highest BCUT2D eigenvalue weighted by molar-refractivity contribution is 5.58. The molecular formula is C20H28N4O. The first-order valence-corrected chi connectivity index (χ1v) is 9.49. The highest BCUT2D eigenvalue weighted by Gasteiger charge is 2.30. The maximum Gasteiger partial charge on any atom is 0.144 e. The summed E-state index contributed by atoms with van der Waals surface area (Å²) < 4.78 is 7.68. The van der Waals surface area contributed by atoms with Crippen molar-refractivity contribution in [2.45, 2.75) is 44.6 Å². The molecule has 5 nitrogen and oxygen atoms in total. The SMILES string of the molecule is COc1ccccc1-n1nc(C2CCCCN2C)c2c1NCCCC2. The smallest absolute Gasteiger partial charge is 0.144 e. The molecule has 0 spiro atoms. The maximum absolute atomic E-state index is 5.60. The Kier molecular flexibility index (Phi) is 4.66. The lowest BCUT2D eigenvalue weighted by Gasteiger charge is -2.31. The molecule has 1 unspecified atom stereocenters. The number of hydrogen-bond donors (Lipinski definition) is 1. The predicted octanol–water partition coefficient (Wildman–Crippen LogP) is 3.79. The zero-order valence-corrected chi connectivity index (χ0v) is 15.3. The first-order valence-electron chi connectivity index (χ1n) is 9.49. The quantitative estimate of drug-likeness (QED) is 0.923. The summed E-state index contributed by atoms with van der Waals surface area (Å²) in [6.07, 6.45) is 7.32. The number of nitrogens with zero attached hydrogens (tertiary/aromatic N) is 3.